The van der Waals surface area contributed by atoms with Gasteiger partial charge in [-0.1, -0.05) is 44.2 Å². The Labute approximate surface area is 176 Å². The number of hydrogen-bond donors (Lipinski definition) is 2. The summed E-state index contributed by atoms with van der Waals surface area (Å²) in [6.07, 6.45) is 3.87. The van der Waals surface area contributed by atoms with Crippen molar-refractivity contribution in [1.29, 1.82) is 0 Å². The standard InChI is InChI=1S/C22H27N7O/c1-14(2)19-21(30)26-18-15(3)25-22(27-20(18)28(19)4)23-10-17-11-24-29(13-17)12-16-8-6-5-7-9-16/h5-9,11,13-14,19H,10,12H2,1-4H3,(H,26,30)(H,23,25,27). The number of carbonyl (C=O) groups is 1. The van der Waals surface area contributed by atoms with E-state index < -0.39 is 0 Å². The van der Waals surface area contributed by atoms with Crippen molar-refractivity contribution in [2.24, 2.45) is 5.92 Å². The average Bonchev–Trinajstić information content (AvgIpc) is 3.15. The molecule has 1 amide bonds. The summed E-state index contributed by atoms with van der Waals surface area (Å²) < 4.78 is 1.92. The number of amides is 1. The van der Waals surface area contributed by atoms with E-state index >= 15 is 0 Å². The molecule has 2 N–H and O–H groups in total. The predicted octanol–water partition coefficient (Wildman–Crippen LogP) is 3.05. The highest BCUT2D eigenvalue weighted by molar-refractivity contribution is 6.03. The molecule has 0 fully saturated rings. The Hall–Kier alpha value is -3.42. The summed E-state index contributed by atoms with van der Waals surface area (Å²) in [5.74, 6) is 1.43. The molecular weight excluding hydrogens is 378 g/mol. The molecule has 3 aromatic rings. The third-order valence-electron chi connectivity index (χ3n) is 5.30. The third-order valence-corrected chi connectivity index (χ3v) is 5.30. The highest BCUT2D eigenvalue weighted by atomic mass is 16.2. The van der Waals surface area contributed by atoms with Crippen molar-refractivity contribution in [3.63, 3.8) is 0 Å². The van der Waals surface area contributed by atoms with Gasteiger partial charge in [-0.25, -0.2) is 4.98 Å². The van der Waals surface area contributed by atoms with Gasteiger partial charge in [0, 0.05) is 25.4 Å². The van der Waals surface area contributed by atoms with Crippen LogP contribution in [-0.4, -0.2) is 38.7 Å². The largest absolute Gasteiger partial charge is 0.350 e. The monoisotopic (exact) mass is 405 g/mol. The van der Waals surface area contributed by atoms with Gasteiger partial charge in [-0.3, -0.25) is 9.48 Å². The molecule has 8 heteroatoms. The number of hydrogen-bond acceptors (Lipinski definition) is 6. The second-order valence-corrected chi connectivity index (χ2v) is 8.01. The van der Waals surface area contributed by atoms with Crippen LogP contribution in [0.1, 0.15) is 30.7 Å². The van der Waals surface area contributed by atoms with Crippen molar-refractivity contribution in [3.05, 3.63) is 59.5 Å². The molecule has 1 aliphatic rings. The average molecular weight is 406 g/mol. The van der Waals surface area contributed by atoms with Gasteiger partial charge in [0.1, 0.15) is 11.7 Å². The zero-order valence-electron chi connectivity index (χ0n) is 17.8. The maximum absolute atomic E-state index is 12.5. The summed E-state index contributed by atoms with van der Waals surface area (Å²) in [6, 6.07) is 9.98. The van der Waals surface area contributed by atoms with E-state index in [1.807, 2.05) is 68.0 Å². The molecule has 30 heavy (non-hydrogen) atoms. The second-order valence-electron chi connectivity index (χ2n) is 8.01. The predicted molar refractivity (Wildman–Crippen MR) is 118 cm³/mol. The number of aromatic nitrogens is 4. The van der Waals surface area contributed by atoms with Crippen LogP contribution in [0, 0.1) is 12.8 Å². The van der Waals surface area contributed by atoms with Crippen LogP contribution in [0.15, 0.2) is 42.7 Å². The number of aryl methyl sites for hydroxylation is 1. The Morgan fingerprint density at radius 1 is 1.17 bits per heavy atom. The van der Waals surface area contributed by atoms with Gasteiger partial charge >= 0.3 is 0 Å². The van der Waals surface area contributed by atoms with E-state index in [0.717, 1.165) is 23.6 Å². The van der Waals surface area contributed by atoms with E-state index in [1.54, 1.807) is 0 Å². The molecule has 2 aromatic heterocycles. The molecule has 1 aliphatic heterocycles. The van der Waals surface area contributed by atoms with Gasteiger partial charge in [0.05, 0.1) is 18.4 Å². The number of fused-ring (bicyclic) bond motifs is 1. The molecule has 0 radical (unpaired) electrons. The van der Waals surface area contributed by atoms with Crippen LogP contribution in [0.5, 0.6) is 0 Å². The van der Waals surface area contributed by atoms with Crippen LogP contribution in [0.3, 0.4) is 0 Å². The molecule has 1 unspecified atom stereocenters. The minimum atomic E-state index is -0.254. The Kier molecular flexibility index (Phi) is 5.39. The van der Waals surface area contributed by atoms with Gasteiger partial charge < -0.3 is 15.5 Å². The first-order chi connectivity index (χ1) is 14.4. The lowest BCUT2D eigenvalue weighted by molar-refractivity contribution is -0.118. The molecule has 156 valence electrons. The van der Waals surface area contributed by atoms with Crippen LogP contribution in [0.2, 0.25) is 0 Å². The summed E-state index contributed by atoms with van der Waals surface area (Å²) in [4.78, 5) is 23.6. The first-order valence-electron chi connectivity index (χ1n) is 10.1. The zero-order valence-corrected chi connectivity index (χ0v) is 17.8. The Balaban J connectivity index is 1.47. The lowest BCUT2D eigenvalue weighted by Gasteiger charge is -2.36. The summed E-state index contributed by atoms with van der Waals surface area (Å²) >= 11 is 0. The molecule has 0 bridgehead atoms. The van der Waals surface area contributed by atoms with Crippen molar-refractivity contribution >= 4 is 23.4 Å². The maximum Gasteiger partial charge on any atom is 0.247 e. The fourth-order valence-corrected chi connectivity index (χ4v) is 3.83. The number of nitrogens with one attached hydrogen (secondary N) is 2. The molecule has 4 rings (SSSR count). The fourth-order valence-electron chi connectivity index (χ4n) is 3.83. The Bertz CT molecular complexity index is 1040. The first-order valence-corrected chi connectivity index (χ1v) is 10.1. The summed E-state index contributed by atoms with van der Waals surface area (Å²) in [5, 5.41) is 10.7. The highest BCUT2D eigenvalue weighted by Gasteiger charge is 2.35. The number of nitrogens with zero attached hydrogens (tertiary/aromatic N) is 5. The van der Waals surface area contributed by atoms with E-state index in [2.05, 4.69) is 37.8 Å². The molecule has 8 nitrogen and oxygen atoms in total. The quantitative estimate of drug-likeness (QED) is 0.655. The fraction of sp³-hybridized carbons (Fsp3) is 0.364. The van der Waals surface area contributed by atoms with Gasteiger partial charge in [0.25, 0.3) is 0 Å². The zero-order chi connectivity index (χ0) is 21.3. The van der Waals surface area contributed by atoms with Crippen LogP contribution < -0.4 is 15.5 Å². The number of rotatable bonds is 6. The molecule has 0 saturated carbocycles. The number of carbonyl (C=O) groups excluding carboxylic acids is 1. The van der Waals surface area contributed by atoms with Gasteiger partial charge in [0.2, 0.25) is 11.9 Å². The van der Waals surface area contributed by atoms with Gasteiger partial charge in [-0.2, -0.15) is 10.1 Å². The first kappa shape index (κ1) is 19.9. The lowest BCUT2D eigenvalue weighted by atomic mass is 9.99. The van der Waals surface area contributed by atoms with Crippen molar-refractivity contribution in [2.45, 2.75) is 39.9 Å². The van der Waals surface area contributed by atoms with E-state index in [1.165, 1.54) is 5.56 Å². The topological polar surface area (TPSA) is 88.0 Å². The molecule has 0 spiro atoms. The minimum Gasteiger partial charge on any atom is -0.350 e. The second kappa shape index (κ2) is 8.14. The molecule has 0 aliphatic carbocycles. The van der Waals surface area contributed by atoms with Crippen LogP contribution >= 0.6 is 0 Å². The number of anilines is 3. The molecule has 1 atom stereocenters. The lowest BCUT2D eigenvalue weighted by Crippen LogP contribution is -2.49. The van der Waals surface area contributed by atoms with Crippen molar-refractivity contribution in [3.8, 4) is 0 Å². The minimum absolute atomic E-state index is 0.0155. The van der Waals surface area contributed by atoms with Gasteiger partial charge in [0.15, 0.2) is 5.82 Å². The van der Waals surface area contributed by atoms with Crippen molar-refractivity contribution < 1.29 is 4.79 Å². The highest BCUT2D eigenvalue weighted by Crippen LogP contribution is 2.34. The molecule has 1 aromatic carbocycles. The van der Waals surface area contributed by atoms with E-state index in [4.69, 9.17) is 0 Å². The van der Waals surface area contributed by atoms with Gasteiger partial charge in [-0.15, -0.1) is 0 Å². The van der Waals surface area contributed by atoms with Crippen LogP contribution in [-0.2, 0) is 17.9 Å². The van der Waals surface area contributed by atoms with Crippen LogP contribution in [0.25, 0.3) is 0 Å². The van der Waals surface area contributed by atoms with Gasteiger partial charge in [-0.05, 0) is 18.4 Å². The molecular formula is C22H27N7O. The summed E-state index contributed by atoms with van der Waals surface area (Å²) in [5.41, 5.74) is 3.68. The van der Waals surface area contributed by atoms with E-state index in [-0.39, 0.29) is 17.9 Å². The molecule has 3 heterocycles. The van der Waals surface area contributed by atoms with Crippen LogP contribution in [0.4, 0.5) is 17.5 Å². The summed E-state index contributed by atoms with van der Waals surface area (Å²) in [6.45, 7) is 7.25. The van der Waals surface area contributed by atoms with Crippen molar-refractivity contribution in [1.82, 2.24) is 19.7 Å². The normalized spacial score (nSPS) is 15.8. The van der Waals surface area contributed by atoms with E-state index in [0.29, 0.717) is 18.2 Å². The summed E-state index contributed by atoms with van der Waals surface area (Å²) in [7, 11) is 1.91. The maximum atomic E-state index is 12.5. The van der Waals surface area contributed by atoms with E-state index in [9.17, 15) is 4.79 Å². The Morgan fingerprint density at radius 2 is 1.93 bits per heavy atom. The number of benzene rings is 1. The third kappa shape index (κ3) is 3.98. The number of likely N-dealkylation sites (N-methyl/N-ethyl adjacent to an activating group) is 1. The van der Waals surface area contributed by atoms with Crippen molar-refractivity contribution in [2.75, 3.05) is 22.6 Å². The smallest absolute Gasteiger partial charge is 0.247 e. The Morgan fingerprint density at radius 3 is 2.67 bits per heavy atom. The SMILES string of the molecule is Cc1nc(NCc2cnn(Cc3ccccc3)c2)nc2c1NC(=O)C(C(C)C)N2C. The molecule has 0 saturated heterocycles.